The fraction of sp³-hybridized carbons (Fsp3) is 0.283. The van der Waals surface area contributed by atoms with Gasteiger partial charge in [-0.1, -0.05) is 80.6 Å². The third-order valence-electron chi connectivity index (χ3n) is 13.7. The predicted molar refractivity (Wildman–Crippen MR) is 270 cm³/mol. The van der Waals surface area contributed by atoms with E-state index in [9.17, 15) is 49.2 Å². The third kappa shape index (κ3) is 9.04. The zero-order chi connectivity index (χ0) is 50.2. The number of likely N-dealkylation sites (tertiary alicyclic amines) is 1. The van der Waals surface area contributed by atoms with Crippen LogP contribution >= 0.6 is 0 Å². The number of para-hydroxylation sites is 2. The Morgan fingerprint density at radius 2 is 1.07 bits per heavy atom. The Morgan fingerprint density at radius 3 is 1.56 bits per heavy atom. The SMILES string of the molecule is CC[C@@H](Nc1c(Nc2cccc(C(=O)N3CCN(C(O)c4ccc(-c5ccc([C@@H](CC)Nc6c(Nc7cccc(C(=O)N8CC(O)C8)c7O)c(=O)c6=O)cc5)n4C)CC3)c2O)c(=O)c1=O)c1ccccc1. The standard InChI is InChI=1S/C53H54N8O10/c1-4-35(29-11-7-6-8-12-29)54-41-43(49(67)47(41)65)56-37-15-9-13-33(45(37)63)51(69)59-23-25-60(26-24-59)53(71)40-22-21-39(58(40)3)31-19-17-30(18-20-31)36(5-2)55-42-44(50(68)48(42)66)57-38-16-10-14-34(46(38)64)52(70)61-27-32(62)28-61/h6-22,32,35-36,53-57,62-64,71H,4-5,23-28H2,1-3H3/t35-,36-,53?/m1/s1. The van der Waals surface area contributed by atoms with Gasteiger partial charge in [-0.05, 0) is 65.9 Å². The van der Waals surface area contributed by atoms with Gasteiger partial charge in [0.25, 0.3) is 33.5 Å². The minimum absolute atomic E-state index is 0.00131. The van der Waals surface area contributed by atoms with Crippen molar-refractivity contribution in [3.05, 3.63) is 172 Å². The van der Waals surface area contributed by atoms with Crippen molar-refractivity contribution in [2.24, 2.45) is 7.05 Å². The van der Waals surface area contributed by atoms with E-state index in [1.165, 1.54) is 29.2 Å². The molecule has 0 bridgehead atoms. The first kappa shape index (κ1) is 48.0. The highest BCUT2D eigenvalue weighted by molar-refractivity contribution is 6.00. The second-order valence-corrected chi connectivity index (χ2v) is 18.0. The Bertz CT molecular complexity index is 3270. The van der Waals surface area contributed by atoms with Crippen LogP contribution in [0.25, 0.3) is 11.3 Å². The van der Waals surface area contributed by atoms with Crippen LogP contribution in [0.2, 0.25) is 0 Å². The average molecular weight is 963 g/mol. The van der Waals surface area contributed by atoms with Gasteiger partial charge in [-0.25, -0.2) is 0 Å². The van der Waals surface area contributed by atoms with E-state index < -0.39 is 45.9 Å². The van der Waals surface area contributed by atoms with E-state index in [4.69, 9.17) is 0 Å². The minimum atomic E-state index is -0.994. The molecule has 2 saturated heterocycles. The number of nitrogens with zero attached hydrogens (tertiary/aromatic N) is 4. The Morgan fingerprint density at radius 1 is 0.592 bits per heavy atom. The van der Waals surface area contributed by atoms with Crippen LogP contribution in [0.4, 0.5) is 34.1 Å². The molecule has 0 radical (unpaired) electrons. The molecule has 2 fully saturated rings. The molecule has 9 rings (SSSR count). The van der Waals surface area contributed by atoms with Crippen molar-refractivity contribution < 1.29 is 30.0 Å². The summed E-state index contributed by atoms with van der Waals surface area (Å²) in [7, 11) is 1.86. The van der Waals surface area contributed by atoms with Crippen molar-refractivity contribution in [2.75, 3.05) is 60.5 Å². The lowest BCUT2D eigenvalue weighted by Crippen LogP contribution is -2.53. The smallest absolute Gasteiger partial charge is 0.257 e. The van der Waals surface area contributed by atoms with Gasteiger partial charge in [-0.3, -0.25) is 33.7 Å². The molecule has 2 amide bonds. The highest BCUT2D eigenvalue weighted by Gasteiger charge is 2.33. The number of hydrogen-bond acceptors (Lipinski definition) is 15. The highest BCUT2D eigenvalue weighted by Crippen LogP contribution is 2.37. The maximum Gasteiger partial charge on any atom is 0.257 e. The summed E-state index contributed by atoms with van der Waals surface area (Å²) < 4.78 is 1.90. The molecular weight excluding hydrogens is 909 g/mol. The van der Waals surface area contributed by atoms with E-state index in [1.807, 2.05) is 97.1 Å². The number of β-amino-alcohol motifs (C(OH)–C–C–N with tert-alkyl or cyclic N) is 1. The van der Waals surface area contributed by atoms with Crippen molar-refractivity contribution >= 4 is 45.9 Å². The Labute approximate surface area is 407 Å². The lowest BCUT2D eigenvalue weighted by Gasteiger charge is -2.37. The number of aliphatic hydroxyl groups excluding tert-OH is 2. The quantitative estimate of drug-likeness (QED) is 0.0433. The molecule has 18 heteroatoms. The largest absolute Gasteiger partial charge is 0.505 e. The van der Waals surface area contributed by atoms with E-state index in [-0.39, 0.29) is 95.0 Å². The molecule has 18 nitrogen and oxygen atoms in total. The van der Waals surface area contributed by atoms with Crippen molar-refractivity contribution in [1.29, 1.82) is 0 Å². The van der Waals surface area contributed by atoms with Crippen molar-refractivity contribution in [1.82, 2.24) is 19.3 Å². The van der Waals surface area contributed by atoms with Crippen LogP contribution in [0, 0.1) is 0 Å². The molecule has 1 aromatic heterocycles. The summed E-state index contributed by atoms with van der Waals surface area (Å²) in [5, 5.41) is 55.6. The molecule has 1 unspecified atom stereocenters. The van der Waals surface area contributed by atoms with Gasteiger partial charge in [0.05, 0.1) is 46.4 Å². The van der Waals surface area contributed by atoms with Crippen LogP contribution in [0.5, 0.6) is 11.5 Å². The fourth-order valence-corrected chi connectivity index (χ4v) is 9.36. The topological polar surface area (TPSA) is 246 Å². The number of hydrogen-bond donors (Lipinski definition) is 8. The first-order chi connectivity index (χ1) is 34.2. The number of aliphatic hydroxyl groups is 2. The number of amides is 2. The molecule has 2 aliphatic heterocycles. The van der Waals surface area contributed by atoms with Gasteiger partial charge < -0.3 is 56.1 Å². The number of phenols is 2. The maximum absolute atomic E-state index is 13.8. The van der Waals surface area contributed by atoms with Gasteiger partial charge in [-0.15, -0.1) is 0 Å². The van der Waals surface area contributed by atoms with Crippen LogP contribution < -0.4 is 43.0 Å². The van der Waals surface area contributed by atoms with Gasteiger partial charge in [0.15, 0.2) is 11.5 Å². The lowest BCUT2D eigenvalue weighted by molar-refractivity contribution is -0.0280. The second kappa shape index (κ2) is 19.7. The van der Waals surface area contributed by atoms with E-state index in [0.29, 0.717) is 31.6 Å². The number of benzene rings is 4. The van der Waals surface area contributed by atoms with Crippen molar-refractivity contribution in [2.45, 2.75) is 51.1 Å². The Hall–Kier alpha value is -8.06. The van der Waals surface area contributed by atoms with Crippen LogP contribution in [-0.4, -0.2) is 96.9 Å². The van der Waals surface area contributed by atoms with Gasteiger partial charge in [0.2, 0.25) is 0 Å². The summed E-state index contributed by atoms with van der Waals surface area (Å²) in [5.41, 5.74) is 1.63. The molecular formula is C53H54N8O10. The number of aromatic hydroxyl groups is 2. The molecule has 7 aromatic rings. The third-order valence-corrected chi connectivity index (χ3v) is 13.7. The highest BCUT2D eigenvalue weighted by atomic mass is 16.3. The van der Waals surface area contributed by atoms with Crippen molar-refractivity contribution in [3.8, 4) is 22.8 Å². The molecule has 0 spiro atoms. The second-order valence-electron chi connectivity index (χ2n) is 18.0. The van der Waals surface area contributed by atoms with Gasteiger partial charge in [0.1, 0.15) is 29.0 Å². The molecule has 0 aliphatic carbocycles. The summed E-state index contributed by atoms with van der Waals surface area (Å²) in [6.07, 6.45) is -0.410. The number of piperazine rings is 1. The minimum Gasteiger partial charge on any atom is -0.505 e. The fourth-order valence-electron chi connectivity index (χ4n) is 9.36. The number of aromatic nitrogens is 1. The number of carbonyl (C=O) groups excluding carboxylic acids is 2. The number of nitrogens with one attached hydrogen (secondary N) is 4. The molecule has 8 N–H and O–H groups in total. The molecule has 0 saturated carbocycles. The van der Waals surface area contributed by atoms with E-state index in [0.717, 1.165) is 22.4 Å². The Balaban J connectivity index is 0.814. The van der Waals surface area contributed by atoms with Gasteiger partial charge >= 0.3 is 0 Å². The molecule has 2 aliphatic rings. The van der Waals surface area contributed by atoms with Crippen molar-refractivity contribution in [3.63, 3.8) is 0 Å². The first-order valence-corrected chi connectivity index (χ1v) is 23.6. The Kier molecular flexibility index (Phi) is 13.3. The number of anilines is 6. The summed E-state index contributed by atoms with van der Waals surface area (Å²) in [6, 6.07) is 29.5. The van der Waals surface area contributed by atoms with Crippen LogP contribution in [0.3, 0.4) is 0 Å². The normalized spacial score (nSPS) is 15.6. The monoisotopic (exact) mass is 962 g/mol. The molecule has 3 atom stereocenters. The van der Waals surface area contributed by atoms with Gasteiger partial charge in [0, 0.05) is 52.0 Å². The summed E-state index contributed by atoms with van der Waals surface area (Å²) in [4.78, 5) is 82.5. The van der Waals surface area contributed by atoms with Crippen LogP contribution in [0.15, 0.2) is 122 Å². The van der Waals surface area contributed by atoms with E-state index >= 15 is 0 Å². The summed E-state index contributed by atoms with van der Waals surface area (Å²) >= 11 is 0. The van der Waals surface area contributed by atoms with Crippen LogP contribution in [0.1, 0.15) is 82.5 Å². The maximum atomic E-state index is 13.8. The van der Waals surface area contributed by atoms with E-state index in [1.54, 1.807) is 17.0 Å². The predicted octanol–water partition coefficient (Wildman–Crippen LogP) is 5.17. The molecule has 366 valence electrons. The zero-order valence-electron chi connectivity index (χ0n) is 39.3. The van der Waals surface area contributed by atoms with Crippen LogP contribution in [-0.2, 0) is 7.05 Å². The van der Waals surface area contributed by atoms with Gasteiger partial charge in [-0.2, -0.15) is 0 Å². The summed E-state index contributed by atoms with van der Waals surface area (Å²) in [6.45, 7) is 5.41. The van der Waals surface area contributed by atoms with E-state index in [2.05, 4.69) is 21.3 Å². The first-order valence-electron chi connectivity index (χ1n) is 23.6. The summed E-state index contributed by atoms with van der Waals surface area (Å²) in [5.74, 6) is -1.62. The number of carbonyl (C=O) groups is 2. The number of phenolic OH excluding ortho intramolecular Hbond substituents is 2. The molecule has 6 aromatic carbocycles. The lowest BCUT2D eigenvalue weighted by atomic mass is 10.0. The zero-order valence-corrected chi connectivity index (χ0v) is 39.3. The molecule has 3 heterocycles. The number of rotatable bonds is 17. The average Bonchev–Trinajstić information content (AvgIpc) is 3.78. The molecule has 71 heavy (non-hydrogen) atoms.